The largest absolute Gasteiger partial charge is 0.458 e. The molecule has 5 heterocycles. The highest BCUT2D eigenvalue weighted by Gasteiger charge is 2.45. The van der Waals surface area contributed by atoms with Gasteiger partial charge in [-0.1, -0.05) is 55.3 Å². The SMILES string of the molecule is CC[C@@]1(O)C(=O)OCc2c1cc1n(c2=O)Cc2c-1nc1cc(F)c(Cl)c(F)c1c2CNC(=O)COCNC(=O)CNC(=O)[C@H](Cc1ccccc1)NC(=O)CNC(=O)CNC(=O)CCCCCN1C(=O)C=CC1=O. The van der Waals surface area contributed by atoms with Crippen molar-refractivity contribution in [3.63, 3.8) is 0 Å². The Morgan fingerprint density at radius 3 is 2.27 bits per heavy atom. The second-order valence-electron chi connectivity index (χ2n) is 17.3. The van der Waals surface area contributed by atoms with Crippen molar-refractivity contribution in [2.75, 3.05) is 39.5 Å². The number of cyclic esters (lactones) is 1. The van der Waals surface area contributed by atoms with Crippen molar-refractivity contribution < 1.29 is 66.5 Å². The number of amides is 8. The maximum atomic E-state index is 15.7. The first-order valence-electron chi connectivity index (χ1n) is 23.3. The zero-order valence-corrected chi connectivity index (χ0v) is 40.5. The van der Waals surface area contributed by atoms with Crippen LogP contribution in [0.1, 0.15) is 66.8 Å². The Kier molecular flexibility index (Phi) is 17.3. The van der Waals surface area contributed by atoms with Gasteiger partial charge in [0.15, 0.2) is 11.4 Å². The van der Waals surface area contributed by atoms with Gasteiger partial charge in [0, 0.05) is 60.7 Å². The van der Waals surface area contributed by atoms with Crippen LogP contribution >= 0.6 is 11.6 Å². The van der Waals surface area contributed by atoms with E-state index in [0.29, 0.717) is 24.8 Å². The first kappa shape index (κ1) is 53.8. The molecule has 7 rings (SSSR count). The molecule has 0 unspecified atom stereocenters. The van der Waals surface area contributed by atoms with E-state index in [9.17, 15) is 57.4 Å². The molecule has 22 nitrogen and oxygen atoms in total. The molecule has 390 valence electrons. The van der Waals surface area contributed by atoms with E-state index < -0.39 is 121 Å². The number of unbranched alkanes of at least 4 members (excludes halogenated alkanes) is 2. The number of imide groups is 1. The van der Waals surface area contributed by atoms with Crippen molar-refractivity contribution in [3.05, 3.63) is 109 Å². The van der Waals surface area contributed by atoms with Crippen LogP contribution in [0.2, 0.25) is 5.02 Å². The molecular weight excluding hydrogens is 996 g/mol. The van der Waals surface area contributed by atoms with E-state index in [1.165, 1.54) is 29.7 Å². The predicted molar refractivity (Wildman–Crippen MR) is 256 cm³/mol. The molecule has 2 aromatic heterocycles. The number of benzene rings is 2. The summed E-state index contributed by atoms with van der Waals surface area (Å²) in [6.07, 6.45) is 3.88. The number of nitrogens with zero attached hydrogens (tertiary/aromatic N) is 3. The molecule has 0 radical (unpaired) electrons. The Balaban J connectivity index is 0.867. The lowest BCUT2D eigenvalue weighted by molar-refractivity contribution is -0.172. The van der Waals surface area contributed by atoms with E-state index >= 15 is 4.39 Å². The fourth-order valence-electron chi connectivity index (χ4n) is 8.49. The molecule has 2 aromatic carbocycles. The Morgan fingerprint density at radius 1 is 0.851 bits per heavy atom. The van der Waals surface area contributed by atoms with Crippen molar-refractivity contribution in [1.82, 2.24) is 46.4 Å². The number of fused-ring (bicyclic) bond motifs is 5. The van der Waals surface area contributed by atoms with Gasteiger partial charge in [-0.05, 0) is 36.5 Å². The monoisotopic (exact) mass is 1050 g/mol. The number of halogens is 3. The molecule has 0 bridgehead atoms. The molecule has 4 aromatic rings. The summed E-state index contributed by atoms with van der Waals surface area (Å²) in [5.74, 6) is -8.07. The quantitative estimate of drug-likeness (QED) is 0.0152. The lowest BCUT2D eigenvalue weighted by Gasteiger charge is -2.31. The van der Waals surface area contributed by atoms with Crippen molar-refractivity contribution >= 4 is 75.7 Å². The standard InChI is InChI=1S/C49H50ClF2N9O13/c1-2-49(72)30-16-34-45-28(22-61(34)47(70)29(30)23-74-48(49)71)27(42-32(59-45)17-31(51)43(50)44(42)52)18-53-39(66)24-73-25-57-37(64)20-56-46(69)33(15-26-9-5-3-6-10-26)58-38(65)21-55-36(63)19-54-35(62)11-7-4-8-14-60-40(67)12-13-41(60)68/h3,5-6,9-10,12-13,16-17,33,72H,2,4,7-8,11,14-15,18-25H2,1H3,(H,53,66)(H,54,62)(H,55,63)(H,56,69)(H,57,64)(H,58,65)/t33-,49-/m0/s1. The minimum atomic E-state index is -2.13. The van der Waals surface area contributed by atoms with Crippen LogP contribution in [-0.4, -0.2) is 118 Å². The first-order valence-corrected chi connectivity index (χ1v) is 23.7. The summed E-state index contributed by atoms with van der Waals surface area (Å²) in [7, 11) is 0. The van der Waals surface area contributed by atoms with Gasteiger partial charge in [0.1, 0.15) is 36.8 Å². The minimum Gasteiger partial charge on any atom is -0.458 e. The van der Waals surface area contributed by atoms with Crippen LogP contribution in [0.25, 0.3) is 22.3 Å². The summed E-state index contributed by atoms with van der Waals surface area (Å²) >= 11 is 5.97. The molecule has 0 fully saturated rings. The number of pyridine rings is 2. The molecular formula is C49H50ClF2N9O13. The number of nitrogens with one attached hydrogen (secondary N) is 6. The summed E-state index contributed by atoms with van der Waals surface area (Å²) in [5, 5.41) is 24.9. The summed E-state index contributed by atoms with van der Waals surface area (Å²) in [6.45, 7) is -1.90. The average molecular weight is 1050 g/mol. The summed E-state index contributed by atoms with van der Waals surface area (Å²) in [6, 6.07) is 9.75. The van der Waals surface area contributed by atoms with E-state index in [0.717, 1.165) is 11.0 Å². The van der Waals surface area contributed by atoms with Gasteiger partial charge in [0.05, 0.1) is 48.6 Å². The van der Waals surface area contributed by atoms with Gasteiger partial charge < -0.3 is 51.0 Å². The number of ether oxygens (including phenoxy) is 2. The predicted octanol–water partition coefficient (Wildman–Crippen LogP) is 0.279. The van der Waals surface area contributed by atoms with Crippen molar-refractivity contribution in [2.24, 2.45) is 0 Å². The number of hydrogen-bond donors (Lipinski definition) is 7. The molecule has 3 aliphatic rings. The van der Waals surface area contributed by atoms with E-state index in [2.05, 4.69) is 36.9 Å². The van der Waals surface area contributed by atoms with Crippen LogP contribution in [0.15, 0.2) is 59.4 Å². The summed E-state index contributed by atoms with van der Waals surface area (Å²) in [4.78, 5) is 132. The van der Waals surface area contributed by atoms with Gasteiger partial charge in [0.25, 0.3) is 17.4 Å². The number of carbonyl (C=O) groups excluding carboxylic acids is 9. The number of hydrogen-bond acceptors (Lipinski definition) is 14. The first-order chi connectivity index (χ1) is 35.4. The van der Waals surface area contributed by atoms with Gasteiger partial charge in [-0.2, -0.15) is 0 Å². The van der Waals surface area contributed by atoms with Crippen LogP contribution in [0.3, 0.4) is 0 Å². The van der Waals surface area contributed by atoms with Gasteiger partial charge in [0.2, 0.25) is 35.4 Å². The second kappa shape index (κ2) is 23.7. The summed E-state index contributed by atoms with van der Waals surface area (Å²) in [5.41, 5.74) is -1.61. The zero-order chi connectivity index (χ0) is 53.3. The molecule has 74 heavy (non-hydrogen) atoms. The lowest BCUT2D eigenvalue weighted by Crippen LogP contribution is -2.52. The second-order valence-corrected chi connectivity index (χ2v) is 17.7. The van der Waals surface area contributed by atoms with Crippen LogP contribution in [-0.2, 0) is 84.3 Å². The van der Waals surface area contributed by atoms with E-state index in [1.807, 2.05) is 0 Å². The molecule has 25 heteroatoms. The van der Waals surface area contributed by atoms with Crippen LogP contribution in [0.5, 0.6) is 0 Å². The number of esters is 1. The molecule has 0 spiro atoms. The Bertz CT molecular complexity index is 3030. The van der Waals surface area contributed by atoms with Crippen molar-refractivity contribution in [2.45, 2.75) is 76.8 Å². The lowest BCUT2D eigenvalue weighted by atomic mass is 9.86. The van der Waals surface area contributed by atoms with E-state index in [4.69, 9.17) is 21.1 Å². The van der Waals surface area contributed by atoms with Gasteiger partial charge in [-0.15, -0.1) is 0 Å². The third-order valence-electron chi connectivity index (χ3n) is 12.4. The summed E-state index contributed by atoms with van der Waals surface area (Å²) < 4.78 is 42.2. The van der Waals surface area contributed by atoms with Crippen LogP contribution in [0.4, 0.5) is 8.78 Å². The van der Waals surface area contributed by atoms with E-state index in [-0.39, 0.29) is 88.7 Å². The van der Waals surface area contributed by atoms with Crippen LogP contribution in [0, 0.1) is 11.6 Å². The maximum Gasteiger partial charge on any atom is 0.343 e. The molecule has 2 atom stereocenters. The number of aromatic nitrogens is 2. The highest BCUT2D eigenvalue weighted by Crippen LogP contribution is 2.41. The smallest absolute Gasteiger partial charge is 0.343 e. The minimum absolute atomic E-state index is 0.00661. The van der Waals surface area contributed by atoms with Gasteiger partial charge in [-0.25, -0.2) is 18.6 Å². The normalized spacial score (nSPS) is 15.7. The number of aliphatic hydroxyl groups is 1. The van der Waals surface area contributed by atoms with Crippen LogP contribution < -0.4 is 37.5 Å². The van der Waals surface area contributed by atoms with Gasteiger partial charge >= 0.3 is 5.97 Å². The van der Waals surface area contributed by atoms with Gasteiger partial charge in [-0.3, -0.25) is 48.1 Å². The Hall–Kier alpha value is -7.96. The molecule has 0 saturated carbocycles. The highest BCUT2D eigenvalue weighted by molar-refractivity contribution is 6.31. The third-order valence-corrected chi connectivity index (χ3v) is 12.8. The highest BCUT2D eigenvalue weighted by atomic mass is 35.5. The number of carbonyl (C=O) groups is 9. The molecule has 0 aliphatic carbocycles. The van der Waals surface area contributed by atoms with Crippen molar-refractivity contribution in [3.8, 4) is 11.4 Å². The third kappa shape index (κ3) is 12.3. The Morgan fingerprint density at radius 2 is 1.54 bits per heavy atom. The average Bonchev–Trinajstić information content (AvgIpc) is 3.92. The van der Waals surface area contributed by atoms with Crippen molar-refractivity contribution in [1.29, 1.82) is 0 Å². The topological polar surface area (TPSA) is 303 Å². The zero-order valence-electron chi connectivity index (χ0n) is 39.7. The Labute approximate surface area is 424 Å². The number of rotatable bonds is 23. The molecule has 8 amide bonds. The molecule has 0 saturated heterocycles. The molecule has 7 N–H and O–H groups in total. The fraction of sp³-hybridized carbons (Fsp3) is 0.367. The van der Waals surface area contributed by atoms with E-state index in [1.54, 1.807) is 30.3 Å². The maximum absolute atomic E-state index is 15.7. The fourth-order valence-corrected chi connectivity index (χ4v) is 8.64. The molecule has 3 aliphatic heterocycles.